The van der Waals surface area contributed by atoms with Crippen molar-refractivity contribution in [3.63, 3.8) is 0 Å². The zero-order chi connectivity index (χ0) is 15.3. The van der Waals surface area contributed by atoms with Crippen LogP contribution < -0.4 is 4.74 Å². The molecule has 0 saturated heterocycles. The highest BCUT2D eigenvalue weighted by atomic mass is 16.5. The zero-order valence-electron chi connectivity index (χ0n) is 13.0. The quantitative estimate of drug-likeness (QED) is 0.831. The summed E-state index contributed by atoms with van der Waals surface area (Å²) in [4.78, 5) is 0. The van der Waals surface area contributed by atoms with Gasteiger partial charge in [0.05, 0.1) is 5.60 Å². The van der Waals surface area contributed by atoms with E-state index in [0.29, 0.717) is 0 Å². The maximum atomic E-state index is 10.6. The predicted octanol–water partition coefficient (Wildman–Crippen LogP) is 5.11. The van der Waals surface area contributed by atoms with Crippen LogP contribution in [0.2, 0.25) is 0 Å². The van der Waals surface area contributed by atoms with E-state index in [4.69, 9.17) is 4.74 Å². The van der Waals surface area contributed by atoms with Crippen LogP contribution in [0, 0.1) is 0 Å². The van der Waals surface area contributed by atoms with Gasteiger partial charge in [0.2, 0.25) is 0 Å². The Kier molecular flexibility index (Phi) is 4.79. The molecule has 0 heterocycles. The Hall–Kier alpha value is -1.80. The van der Waals surface area contributed by atoms with E-state index in [1.165, 1.54) is 24.8 Å². The van der Waals surface area contributed by atoms with Gasteiger partial charge in [-0.05, 0) is 55.5 Å². The van der Waals surface area contributed by atoms with Crippen LogP contribution in [0.3, 0.4) is 0 Å². The number of benzene rings is 2. The molecule has 0 atom stereocenters. The number of rotatable bonds is 5. The van der Waals surface area contributed by atoms with Crippen LogP contribution in [0.1, 0.15) is 44.1 Å². The van der Waals surface area contributed by atoms with E-state index in [1.807, 2.05) is 42.5 Å². The first-order valence-corrected chi connectivity index (χ1v) is 8.28. The number of hydrogen-bond acceptors (Lipinski definition) is 2. The molecule has 2 heteroatoms. The Morgan fingerprint density at radius 1 is 0.818 bits per heavy atom. The molecule has 0 amide bonds. The van der Waals surface area contributed by atoms with Crippen molar-refractivity contribution in [2.45, 2.75) is 50.5 Å². The highest BCUT2D eigenvalue weighted by Crippen LogP contribution is 2.32. The molecule has 22 heavy (non-hydrogen) atoms. The first-order valence-electron chi connectivity index (χ1n) is 8.28. The van der Waals surface area contributed by atoms with E-state index in [2.05, 4.69) is 12.1 Å². The van der Waals surface area contributed by atoms with Gasteiger partial charge in [0.15, 0.2) is 0 Å². The van der Waals surface area contributed by atoms with Crippen molar-refractivity contribution >= 4 is 0 Å². The molecule has 1 N–H and O–H groups in total. The summed E-state index contributed by atoms with van der Waals surface area (Å²) in [7, 11) is 0. The van der Waals surface area contributed by atoms with E-state index < -0.39 is 5.60 Å². The fourth-order valence-electron chi connectivity index (χ4n) is 3.19. The molecule has 2 nitrogen and oxygen atoms in total. The van der Waals surface area contributed by atoms with Crippen molar-refractivity contribution < 1.29 is 9.84 Å². The second kappa shape index (κ2) is 6.97. The van der Waals surface area contributed by atoms with Crippen LogP contribution in [-0.4, -0.2) is 10.7 Å². The highest BCUT2D eigenvalue weighted by Gasteiger charge is 2.28. The van der Waals surface area contributed by atoms with Gasteiger partial charge >= 0.3 is 0 Å². The Balaban J connectivity index is 1.55. The van der Waals surface area contributed by atoms with Gasteiger partial charge in [0.1, 0.15) is 11.5 Å². The van der Waals surface area contributed by atoms with E-state index >= 15 is 0 Å². The second-order valence-electron chi connectivity index (χ2n) is 6.34. The number of aryl methyl sites for hydroxylation is 1. The highest BCUT2D eigenvalue weighted by molar-refractivity contribution is 5.33. The summed E-state index contributed by atoms with van der Waals surface area (Å²) in [5, 5.41) is 10.6. The average molecular weight is 296 g/mol. The largest absolute Gasteiger partial charge is 0.457 e. The Labute approximate surface area is 132 Å². The van der Waals surface area contributed by atoms with Crippen molar-refractivity contribution in [2.75, 3.05) is 0 Å². The average Bonchev–Trinajstić information content (AvgIpc) is 2.56. The minimum absolute atomic E-state index is 0.433. The van der Waals surface area contributed by atoms with Gasteiger partial charge in [-0.3, -0.25) is 0 Å². The molecule has 1 aliphatic rings. The summed E-state index contributed by atoms with van der Waals surface area (Å²) in [6, 6.07) is 18.0. The van der Waals surface area contributed by atoms with Crippen molar-refractivity contribution in [1.82, 2.24) is 0 Å². The molecule has 0 radical (unpaired) electrons. The zero-order valence-corrected chi connectivity index (χ0v) is 13.0. The molecule has 3 rings (SSSR count). The molecule has 2 aromatic carbocycles. The minimum atomic E-state index is -0.433. The summed E-state index contributed by atoms with van der Waals surface area (Å²) < 4.78 is 5.80. The summed E-state index contributed by atoms with van der Waals surface area (Å²) in [6.45, 7) is 0. The van der Waals surface area contributed by atoms with Gasteiger partial charge in [-0.15, -0.1) is 0 Å². The molecule has 2 aromatic rings. The van der Waals surface area contributed by atoms with Crippen LogP contribution in [0.25, 0.3) is 0 Å². The monoisotopic (exact) mass is 296 g/mol. The van der Waals surface area contributed by atoms with E-state index in [9.17, 15) is 5.11 Å². The first-order chi connectivity index (χ1) is 10.7. The van der Waals surface area contributed by atoms with Gasteiger partial charge in [0.25, 0.3) is 0 Å². The smallest absolute Gasteiger partial charge is 0.127 e. The fraction of sp³-hybridized carbons (Fsp3) is 0.400. The minimum Gasteiger partial charge on any atom is -0.457 e. The second-order valence-corrected chi connectivity index (χ2v) is 6.34. The van der Waals surface area contributed by atoms with Crippen LogP contribution in [0.4, 0.5) is 0 Å². The third-order valence-corrected chi connectivity index (χ3v) is 4.57. The van der Waals surface area contributed by atoms with Gasteiger partial charge in [-0.1, -0.05) is 49.6 Å². The molecular formula is C20H24O2. The van der Waals surface area contributed by atoms with Crippen molar-refractivity contribution in [2.24, 2.45) is 0 Å². The number of para-hydroxylation sites is 1. The third kappa shape index (κ3) is 4.11. The van der Waals surface area contributed by atoms with Crippen LogP contribution in [0.5, 0.6) is 11.5 Å². The summed E-state index contributed by atoms with van der Waals surface area (Å²) >= 11 is 0. The molecule has 0 aliphatic heterocycles. The molecule has 116 valence electrons. The number of aliphatic hydroxyl groups is 1. The SMILES string of the molecule is OC1(CCc2ccc(Oc3ccccc3)cc2)CCCCC1. The molecule has 0 spiro atoms. The topological polar surface area (TPSA) is 29.5 Å². The molecule has 1 saturated carbocycles. The van der Waals surface area contributed by atoms with Crippen LogP contribution in [-0.2, 0) is 6.42 Å². The third-order valence-electron chi connectivity index (χ3n) is 4.57. The van der Waals surface area contributed by atoms with Gasteiger partial charge in [0, 0.05) is 0 Å². The van der Waals surface area contributed by atoms with Crippen LogP contribution >= 0.6 is 0 Å². The Bertz CT molecular complexity index is 568. The molecular weight excluding hydrogens is 272 g/mol. The molecule has 1 fully saturated rings. The standard InChI is InChI=1S/C20H24O2/c21-20(14-5-2-6-15-20)16-13-17-9-11-19(12-10-17)22-18-7-3-1-4-8-18/h1,3-4,7-12,21H,2,5-6,13-16H2. The van der Waals surface area contributed by atoms with Gasteiger partial charge in [-0.25, -0.2) is 0 Å². The summed E-state index contributed by atoms with van der Waals surface area (Å²) in [5.74, 6) is 1.71. The number of hydrogen-bond donors (Lipinski definition) is 1. The molecule has 1 aliphatic carbocycles. The lowest BCUT2D eigenvalue weighted by atomic mass is 9.81. The van der Waals surface area contributed by atoms with Crippen molar-refractivity contribution in [3.05, 3.63) is 60.2 Å². The normalized spacial score (nSPS) is 17.1. The Morgan fingerprint density at radius 3 is 2.14 bits per heavy atom. The van der Waals surface area contributed by atoms with Gasteiger partial charge < -0.3 is 9.84 Å². The van der Waals surface area contributed by atoms with E-state index in [1.54, 1.807) is 0 Å². The Morgan fingerprint density at radius 2 is 1.45 bits per heavy atom. The molecule has 0 aromatic heterocycles. The van der Waals surface area contributed by atoms with E-state index in [-0.39, 0.29) is 0 Å². The lowest BCUT2D eigenvalue weighted by Gasteiger charge is -2.32. The summed E-state index contributed by atoms with van der Waals surface area (Å²) in [6.07, 6.45) is 7.33. The maximum Gasteiger partial charge on any atom is 0.127 e. The number of ether oxygens (including phenoxy) is 1. The first kappa shape index (κ1) is 15.1. The molecule has 0 bridgehead atoms. The molecule has 0 unspecified atom stereocenters. The summed E-state index contributed by atoms with van der Waals surface area (Å²) in [5.41, 5.74) is 0.830. The van der Waals surface area contributed by atoms with Gasteiger partial charge in [-0.2, -0.15) is 0 Å². The van der Waals surface area contributed by atoms with E-state index in [0.717, 1.165) is 37.2 Å². The van der Waals surface area contributed by atoms with Crippen molar-refractivity contribution in [1.29, 1.82) is 0 Å². The van der Waals surface area contributed by atoms with Crippen molar-refractivity contribution in [3.8, 4) is 11.5 Å². The maximum absolute atomic E-state index is 10.6. The predicted molar refractivity (Wildman–Crippen MR) is 89.3 cm³/mol. The fourth-order valence-corrected chi connectivity index (χ4v) is 3.19. The lowest BCUT2D eigenvalue weighted by Crippen LogP contribution is -2.31. The lowest BCUT2D eigenvalue weighted by molar-refractivity contribution is -0.00341. The van der Waals surface area contributed by atoms with Crippen LogP contribution in [0.15, 0.2) is 54.6 Å².